The minimum absolute atomic E-state index is 0.0150. The highest BCUT2D eigenvalue weighted by Crippen LogP contribution is 2.11. The minimum Gasteiger partial charge on any atom is -0.378 e. The first kappa shape index (κ1) is 9.68. The number of carbonyl (C=O) groups is 1. The molecule has 1 saturated heterocycles. The second-order valence-corrected chi connectivity index (χ2v) is 3.53. The molecule has 12 heavy (non-hydrogen) atoms. The van der Waals surface area contributed by atoms with Crippen molar-refractivity contribution in [3.8, 4) is 0 Å². The van der Waals surface area contributed by atoms with E-state index in [1.54, 1.807) is 6.92 Å². The topological polar surface area (TPSA) is 29.5 Å². The van der Waals surface area contributed by atoms with Crippen LogP contribution in [0.25, 0.3) is 0 Å². The molecule has 1 aliphatic heterocycles. The van der Waals surface area contributed by atoms with E-state index in [0.717, 1.165) is 13.2 Å². The number of rotatable bonds is 2. The summed E-state index contributed by atoms with van der Waals surface area (Å²) >= 11 is 0. The molecule has 1 rings (SSSR count). The summed E-state index contributed by atoms with van der Waals surface area (Å²) in [6.07, 6.45) is 0. The normalized spacial score (nSPS) is 26.2. The molecule has 0 unspecified atom stereocenters. The molecule has 0 saturated carbocycles. The minimum atomic E-state index is -0.0150. The van der Waals surface area contributed by atoms with Crippen LogP contribution in [0.5, 0.6) is 0 Å². The predicted molar refractivity (Wildman–Crippen MR) is 47.1 cm³/mol. The SMILES string of the molecule is CC(=O)[C@@H]1COCCN1C(C)C. The molecule has 0 aromatic heterocycles. The van der Waals surface area contributed by atoms with Gasteiger partial charge in [-0.1, -0.05) is 0 Å². The second-order valence-electron chi connectivity index (χ2n) is 3.53. The summed E-state index contributed by atoms with van der Waals surface area (Å²) in [6.45, 7) is 8.05. The third-order valence-corrected chi connectivity index (χ3v) is 2.30. The van der Waals surface area contributed by atoms with Crippen LogP contribution in [0.4, 0.5) is 0 Å². The number of hydrogen-bond donors (Lipinski definition) is 0. The van der Waals surface area contributed by atoms with Crippen LogP contribution in [-0.2, 0) is 9.53 Å². The summed E-state index contributed by atoms with van der Waals surface area (Å²) in [4.78, 5) is 13.4. The summed E-state index contributed by atoms with van der Waals surface area (Å²) in [5.41, 5.74) is 0. The molecule has 0 spiro atoms. The van der Waals surface area contributed by atoms with Gasteiger partial charge in [-0.15, -0.1) is 0 Å². The quantitative estimate of drug-likeness (QED) is 0.612. The lowest BCUT2D eigenvalue weighted by atomic mass is 10.1. The Morgan fingerprint density at radius 1 is 1.58 bits per heavy atom. The lowest BCUT2D eigenvalue weighted by molar-refractivity contribution is -0.129. The molecule has 1 aliphatic rings. The lowest BCUT2D eigenvalue weighted by Crippen LogP contribution is -2.52. The molecule has 1 atom stereocenters. The van der Waals surface area contributed by atoms with Gasteiger partial charge in [-0.05, 0) is 20.8 Å². The maximum Gasteiger partial charge on any atom is 0.149 e. The van der Waals surface area contributed by atoms with Crippen molar-refractivity contribution in [1.29, 1.82) is 0 Å². The molecule has 0 aliphatic carbocycles. The van der Waals surface area contributed by atoms with Gasteiger partial charge in [0.05, 0.1) is 19.3 Å². The average Bonchev–Trinajstić information content (AvgIpc) is 2.04. The Bertz CT molecular complexity index is 168. The Morgan fingerprint density at radius 2 is 2.25 bits per heavy atom. The summed E-state index contributed by atoms with van der Waals surface area (Å²) in [7, 11) is 0. The average molecular weight is 171 g/mol. The Morgan fingerprint density at radius 3 is 2.67 bits per heavy atom. The zero-order valence-electron chi connectivity index (χ0n) is 8.04. The highest BCUT2D eigenvalue weighted by atomic mass is 16.5. The van der Waals surface area contributed by atoms with Gasteiger partial charge in [-0.2, -0.15) is 0 Å². The van der Waals surface area contributed by atoms with Gasteiger partial charge < -0.3 is 4.74 Å². The molecule has 0 aromatic carbocycles. The zero-order valence-corrected chi connectivity index (χ0v) is 8.04. The van der Waals surface area contributed by atoms with Gasteiger partial charge in [0.25, 0.3) is 0 Å². The number of morpholine rings is 1. The molecule has 3 nitrogen and oxygen atoms in total. The van der Waals surface area contributed by atoms with Gasteiger partial charge in [-0.25, -0.2) is 0 Å². The third kappa shape index (κ3) is 2.05. The smallest absolute Gasteiger partial charge is 0.149 e. The predicted octanol–water partition coefficient (Wildman–Crippen LogP) is 0.685. The van der Waals surface area contributed by atoms with Crippen molar-refractivity contribution < 1.29 is 9.53 Å². The van der Waals surface area contributed by atoms with Crippen molar-refractivity contribution in [2.24, 2.45) is 0 Å². The fourth-order valence-corrected chi connectivity index (χ4v) is 1.59. The summed E-state index contributed by atoms with van der Waals surface area (Å²) in [6, 6.07) is 0.418. The number of hydrogen-bond acceptors (Lipinski definition) is 3. The maximum atomic E-state index is 11.2. The summed E-state index contributed by atoms with van der Waals surface area (Å²) < 4.78 is 5.26. The van der Waals surface area contributed by atoms with Crippen LogP contribution >= 0.6 is 0 Å². The van der Waals surface area contributed by atoms with Gasteiger partial charge >= 0.3 is 0 Å². The van der Waals surface area contributed by atoms with E-state index < -0.39 is 0 Å². The van der Waals surface area contributed by atoms with Crippen LogP contribution in [0, 0.1) is 0 Å². The van der Waals surface area contributed by atoms with E-state index in [9.17, 15) is 4.79 Å². The fourth-order valence-electron chi connectivity index (χ4n) is 1.59. The van der Waals surface area contributed by atoms with E-state index in [1.807, 2.05) is 0 Å². The van der Waals surface area contributed by atoms with Crippen LogP contribution in [-0.4, -0.2) is 42.5 Å². The van der Waals surface area contributed by atoms with E-state index in [-0.39, 0.29) is 11.8 Å². The highest BCUT2D eigenvalue weighted by molar-refractivity contribution is 5.81. The van der Waals surface area contributed by atoms with Crippen LogP contribution in [0.3, 0.4) is 0 Å². The molecule has 3 heteroatoms. The van der Waals surface area contributed by atoms with Crippen LogP contribution in [0.2, 0.25) is 0 Å². The standard InChI is InChI=1S/C9H17NO2/c1-7(2)10-4-5-12-6-9(10)8(3)11/h7,9H,4-6H2,1-3H3/t9-/m0/s1. The first-order valence-electron chi connectivity index (χ1n) is 4.47. The first-order chi connectivity index (χ1) is 5.63. The fraction of sp³-hybridized carbons (Fsp3) is 0.889. The van der Waals surface area contributed by atoms with Crippen molar-refractivity contribution in [3.05, 3.63) is 0 Å². The second kappa shape index (κ2) is 4.01. The van der Waals surface area contributed by atoms with Crippen LogP contribution in [0.1, 0.15) is 20.8 Å². The Kier molecular flexibility index (Phi) is 3.23. The van der Waals surface area contributed by atoms with Crippen LogP contribution in [0.15, 0.2) is 0 Å². The van der Waals surface area contributed by atoms with E-state index in [2.05, 4.69) is 18.7 Å². The van der Waals surface area contributed by atoms with Crippen molar-refractivity contribution in [3.63, 3.8) is 0 Å². The van der Waals surface area contributed by atoms with Gasteiger partial charge in [0.1, 0.15) is 5.78 Å². The molecule has 0 N–H and O–H groups in total. The molecular formula is C9H17NO2. The van der Waals surface area contributed by atoms with Crippen molar-refractivity contribution >= 4 is 5.78 Å². The number of ketones is 1. The number of nitrogens with zero attached hydrogens (tertiary/aromatic N) is 1. The van der Waals surface area contributed by atoms with Gasteiger partial charge in [0.2, 0.25) is 0 Å². The largest absolute Gasteiger partial charge is 0.378 e. The molecular weight excluding hydrogens is 154 g/mol. The van der Waals surface area contributed by atoms with Gasteiger partial charge in [0, 0.05) is 12.6 Å². The monoisotopic (exact) mass is 171 g/mol. The van der Waals surface area contributed by atoms with E-state index in [1.165, 1.54) is 0 Å². The van der Waals surface area contributed by atoms with Gasteiger partial charge in [0.15, 0.2) is 0 Å². The summed E-state index contributed by atoms with van der Waals surface area (Å²) in [5.74, 6) is 0.211. The maximum absolute atomic E-state index is 11.2. The molecule has 1 heterocycles. The number of carbonyl (C=O) groups excluding carboxylic acids is 1. The molecule has 0 aromatic rings. The first-order valence-corrected chi connectivity index (χ1v) is 4.47. The molecule has 70 valence electrons. The van der Waals surface area contributed by atoms with E-state index in [0.29, 0.717) is 12.6 Å². The van der Waals surface area contributed by atoms with Crippen molar-refractivity contribution in [2.75, 3.05) is 19.8 Å². The number of Topliss-reactive ketones (excluding diaryl/α,β-unsaturated/α-hetero) is 1. The van der Waals surface area contributed by atoms with Crippen molar-refractivity contribution in [1.82, 2.24) is 4.90 Å². The Balaban J connectivity index is 2.60. The van der Waals surface area contributed by atoms with E-state index in [4.69, 9.17) is 4.74 Å². The third-order valence-electron chi connectivity index (χ3n) is 2.30. The highest BCUT2D eigenvalue weighted by Gasteiger charge is 2.28. The molecule has 0 amide bonds. The number of ether oxygens (including phenoxy) is 1. The summed E-state index contributed by atoms with van der Waals surface area (Å²) in [5, 5.41) is 0. The Hall–Kier alpha value is -0.410. The zero-order chi connectivity index (χ0) is 9.14. The van der Waals surface area contributed by atoms with Gasteiger partial charge in [-0.3, -0.25) is 9.69 Å². The Labute approximate surface area is 73.7 Å². The van der Waals surface area contributed by atoms with Crippen LogP contribution < -0.4 is 0 Å². The van der Waals surface area contributed by atoms with Crippen molar-refractivity contribution in [2.45, 2.75) is 32.9 Å². The lowest BCUT2D eigenvalue weighted by Gasteiger charge is -2.36. The molecule has 1 fully saturated rings. The molecule has 0 bridgehead atoms. The van der Waals surface area contributed by atoms with E-state index >= 15 is 0 Å². The molecule has 0 radical (unpaired) electrons.